The van der Waals surface area contributed by atoms with Gasteiger partial charge >= 0.3 is 6.09 Å². The average molecular weight is 299 g/mol. The number of nitrogens with zero attached hydrogens (tertiary/aromatic N) is 1. The van der Waals surface area contributed by atoms with E-state index >= 15 is 0 Å². The number of carbonyl (C=O) groups is 2. The Morgan fingerprint density at radius 2 is 1.95 bits per heavy atom. The summed E-state index contributed by atoms with van der Waals surface area (Å²) in [7, 11) is 0. The molecule has 0 radical (unpaired) electrons. The fourth-order valence-corrected chi connectivity index (χ4v) is 2.26. The number of nitrogens with two attached hydrogens (primary N) is 1. The molecule has 3 rings (SSSR count). The second-order valence-corrected chi connectivity index (χ2v) is 4.87. The molecule has 1 fully saturated rings. The lowest BCUT2D eigenvalue weighted by Crippen LogP contribution is -2.32. The van der Waals surface area contributed by atoms with Crippen LogP contribution in [0.4, 0.5) is 10.5 Å². The van der Waals surface area contributed by atoms with Gasteiger partial charge in [-0.3, -0.25) is 14.5 Å². The van der Waals surface area contributed by atoms with Crippen molar-refractivity contribution in [3.63, 3.8) is 0 Å². The normalized spacial score (nSPS) is 17.4. The third-order valence-corrected chi connectivity index (χ3v) is 3.39. The largest absolute Gasteiger partial charge is 0.434 e. The van der Waals surface area contributed by atoms with Crippen molar-refractivity contribution in [3.05, 3.63) is 52.8 Å². The van der Waals surface area contributed by atoms with E-state index in [1.165, 1.54) is 17.0 Å². The Balaban J connectivity index is 1.84. The molecule has 112 valence electrons. The van der Waals surface area contributed by atoms with Crippen molar-refractivity contribution < 1.29 is 14.3 Å². The number of benzene rings is 1. The van der Waals surface area contributed by atoms with Crippen LogP contribution in [0.2, 0.25) is 0 Å². The summed E-state index contributed by atoms with van der Waals surface area (Å²) < 4.78 is 4.89. The summed E-state index contributed by atoms with van der Waals surface area (Å²) in [5, 5.41) is 0. The molecule has 1 aromatic heterocycles. The first-order valence-electron chi connectivity index (χ1n) is 6.61. The number of ether oxygens (including phenoxy) is 1. The van der Waals surface area contributed by atoms with Crippen molar-refractivity contribution in [2.45, 2.75) is 6.10 Å². The molecule has 1 aliphatic heterocycles. The lowest BCUT2D eigenvalue weighted by atomic mass is 10.1. The van der Waals surface area contributed by atoms with Crippen LogP contribution < -0.4 is 16.1 Å². The highest BCUT2D eigenvalue weighted by molar-refractivity contribution is 5.95. The quantitative estimate of drug-likeness (QED) is 0.876. The monoisotopic (exact) mass is 299 g/mol. The number of hydrogen-bond donors (Lipinski definition) is 2. The fourth-order valence-electron chi connectivity index (χ4n) is 2.26. The highest BCUT2D eigenvalue weighted by atomic mass is 16.6. The van der Waals surface area contributed by atoms with Crippen LogP contribution in [0.3, 0.4) is 0 Å². The van der Waals surface area contributed by atoms with Crippen LogP contribution in [0.15, 0.2) is 47.4 Å². The molecule has 1 aliphatic rings. The van der Waals surface area contributed by atoms with Crippen molar-refractivity contribution in [3.8, 4) is 11.3 Å². The number of H-pyrrole nitrogens is 1. The minimum Gasteiger partial charge on any atom is -0.434 e. The third kappa shape index (κ3) is 2.56. The second kappa shape index (κ2) is 5.36. The number of nitrogens with one attached hydrogen (secondary N) is 1. The Kier molecular flexibility index (Phi) is 3.38. The minimum absolute atomic E-state index is 0.0924. The van der Waals surface area contributed by atoms with Crippen molar-refractivity contribution in [1.29, 1.82) is 0 Å². The van der Waals surface area contributed by atoms with Crippen LogP contribution in [0.1, 0.15) is 0 Å². The third-order valence-electron chi connectivity index (χ3n) is 3.39. The van der Waals surface area contributed by atoms with Crippen LogP contribution in [0, 0.1) is 0 Å². The summed E-state index contributed by atoms with van der Waals surface area (Å²) in [4.78, 5) is 38.5. The molecular formula is C15H13N3O4. The number of hydrogen-bond acceptors (Lipinski definition) is 4. The molecule has 1 atom stereocenters. The number of amides is 2. The molecule has 0 saturated carbocycles. The molecule has 7 nitrogen and oxygen atoms in total. The number of aromatic nitrogens is 1. The predicted octanol–water partition coefficient (Wildman–Crippen LogP) is 0.852. The van der Waals surface area contributed by atoms with Crippen molar-refractivity contribution in [2.75, 3.05) is 11.4 Å². The molecule has 1 saturated heterocycles. The summed E-state index contributed by atoms with van der Waals surface area (Å²) in [6.07, 6.45) is 0.0308. The SMILES string of the molecule is NC(=O)[C@H]1CN(c2ccc(-c3cc(=O)cc[nH]3)cc2)C(=O)O1. The second-order valence-electron chi connectivity index (χ2n) is 4.87. The Hall–Kier alpha value is -3.09. The van der Waals surface area contributed by atoms with Gasteiger partial charge in [-0.15, -0.1) is 0 Å². The van der Waals surface area contributed by atoms with E-state index in [1.807, 2.05) is 0 Å². The van der Waals surface area contributed by atoms with Gasteiger partial charge in [0.2, 0.25) is 0 Å². The van der Waals surface area contributed by atoms with Crippen LogP contribution in [-0.4, -0.2) is 29.6 Å². The standard InChI is InChI=1S/C15H13N3O4/c16-14(20)13-8-18(15(21)22-13)10-3-1-9(2-4-10)12-7-11(19)5-6-17-12/h1-7,13H,8H2,(H2,16,20)(H,17,19)/t13-/m1/s1. The Morgan fingerprint density at radius 3 is 2.55 bits per heavy atom. The first-order valence-corrected chi connectivity index (χ1v) is 6.61. The van der Waals surface area contributed by atoms with Crippen LogP contribution in [0.25, 0.3) is 11.3 Å². The molecule has 0 unspecified atom stereocenters. The highest BCUT2D eigenvalue weighted by Gasteiger charge is 2.35. The fraction of sp³-hybridized carbons (Fsp3) is 0.133. The number of cyclic esters (lactones) is 1. The molecule has 0 spiro atoms. The van der Waals surface area contributed by atoms with E-state index in [9.17, 15) is 14.4 Å². The summed E-state index contributed by atoms with van der Waals surface area (Å²) in [6, 6.07) is 9.89. The molecule has 22 heavy (non-hydrogen) atoms. The highest BCUT2D eigenvalue weighted by Crippen LogP contribution is 2.24. The maximum atomic E-state index is 11.7. The zero-order valence-corrected chi connectivity index (χ0v) is 11.5. The maximum absolute atomic E-state index is 11.7. The molecule has 2 heterocycles. The van der Waals surface area contributed by atoms with Gasteiger partial charge in [0.25, 0.3) is 5.91 Å². The van der Waals surface area contributed by atoms with Gasteiger partial charge < -0.3 is 15.5 Å². The van der Waals surface area contributed by atoms with Gasteiger partial charge in [-0.05, 0) is 17.7 Å². The molecule has 7 heteroatoms. The van der Waals surface area contributed by atoms with Crippen molar-refractivity contribution in [1.82, 2.24) is 4.98 Å². The van der Waals surface area contributed by atoms with Gasteiger partial charge in [0.15, 0.2) is 11.5 Å². The van der Waals surface area contributed by atoms with Gasteiger partial charge in [0.05, 0.1) is 6.54 Å². The first-order chi connectivity index (χ1) is 10.5. The number of aromatic amines is 1. The average Bonchev–Trinajstić information content (AvgIpc) is 2.90. The zero-order chi connectivity index (χ0) is 15.7. The number of primary amides is 1. The summed E-state index contributed by atoms with van der Waals surface area (Å²) in [6.45, 7) is 0.0929. The zero-order valence-electron chi connectivity index (χ0n) is 11.5. The van der Waals surface area contributed by atoms with Gasteiger partial charge in [0.1, 0.15) is 0 Å². The van der Waals surface area contributed by atoms with E-state index in [-0.39, 0.29) is 12.0 Å². The van der Waals surface area contributed by atoms with E-state index in [1.54, 1.807) is 30.5 Å². The Bertz CT molecular complexity index is 782. The van der Waals surface area contributed by atoms with E-state index in [2.05, 4.69) is 4.98 Å². The summed E-state index contributed by atoms with van der Waals surface area (Å²) in [5.41, 5.74) is 7.12. The van der Waals surface area contributed by atoms with E-state index in [4.69, 9.17) is 10.5 Å². The van der Waals surface area contributed by atoms with Crippen molar-refractivity contribution in [2.24, 2.45) is 5.73 Å². The van der Waals surface area contributed by atoms with E-state index in [0.717, 1.165) is 5.56 Å². The van der Waals surface area contributed by atoms with Crippen LogP contribution in [0.5, 0.6) is 0 Å². The van der Waals surface area contributed by atoms with E-state index in [0.29, 0.717) is 11.4 Å². The predicted molar refractivity (Wildman–Crippen MR) is 79.3 cm³/mol. The molecule has 0 bridgehead atoms. The maximum Gasteiger partial charge on any atom is 0.415 e. The summed E-state index contributed by atoms with van der Waals surface area (Å²) >= 11 is 0. The molecular weight excluding hydrogens is 286 g/mol. The molecule has 0 aliphatic carbocycles. The number of pyridine rings is 1. The lowest BCUT2D eigenvalue weighted by Gasteiger charge is -2.13. The molecule has 2 aromatic rings. The smallest absolute Gasteiger partial charge is 0.415 e. The first kappa shape index (κ1) is 13.9. The van der Waals surface area contributed by atoms with Gasteiger partial charge in [0, 0.05) is 29.7 Å². The Morgan fingerprint density at radius 1 is 1.23 bits per heavy atom. The number of rotatable bonds is 3. The van der Waals surface area contributed by atoms with Crippen LogP contribution in [-0.2, 0) is 9.53 Å². The van der Waals surface area contributed by atoms with Crippen LogP contribution >= 0.6 is 0 Å². The summed E-state index contributed by atoms with van der Waals surface area (Å²) in [5.74, 6) is -0.672. The minimum atomic E-state index is -0.933. The molecule has 3 N–H and O–H groups in total. The van der Waals surface area contributed by atoms with Crippen molar-refractivity contribution >= 4 is 17.7 Å². The van der Waals surface area contributed by atoms with Gasteiger partial charge in [-0.2, -0.15) is 0 Å². The van der Waals surface area contributed by atoms with E-state index < -0.39 is 18.1 Å². The topological polar surface area (TPSA) is 105 Å². The Labute approximate surface area is 125 Å². The molecule has 2 amide bonds. The lowest BCUT2D eigenvalue weighted by molar-refractivity contribution is -0.124. The number of carbonyl (C=O) groups excluding carboxylic acids is 2. The van der Waals surface area contributed by atoms with Gasteiger partial charge in [-0.1, -0.05) is 12.1 Å². The number of anilines is 1. The van der Waals surface area contributed by atoms with Gasteiger partial charge in [-0.25, -0.2) is 4.79 Å². The molecule has 1 aromatic carbocycles.